The molecule has 0 nitrogen and oxygen atoms in total. The zero-order chi connectivity index (χ0) is 8.72. The van der Waals surface area contributed by atoms with Crippen LogP contribution in [0.2, 0.25) is 0 Å². The first kappa shape index (κ1) is 21.7. The van der Waals surface area contributed by atoms with E-state index in [4.69, 9.17) is 0 Å². The van der Waals surface area contributed by atoms with E-state index in [1.54, 1.807) is 0 Å². The van der Waals surface area contributed by atoms with Crippen molar-refractivity contribution in [2.75, 3.05) is 0 Å². The Labute approximate surface area is 131 Å². The van der Waals surface area contributed by atoms with E-state index in [1.807, 2.05) is 0 Å². The Kier molecular flexibility index (Phi) is 11.5. The Morgan fingerprint density at radius 2 is 1.44 bits per heavy atom. The molecule has 0 radical (unpaired) electrons. The average Bonchev–Trinajstić information content (AvgIpc) is 2.33. The van der Waals surface area contributed by atoms with Crippen LogP contribution in [0, 0.1) is 20.8 Å². The third-order valence-corrected chi connectivity index (χ3v) is 2.86. The predicted octanol–water partition coefficient (Wildman–Crippen LogP) is 4.75. The molecule has 0 aliphatic heterocycles. The van der Waals surface area contributed by atoms with E-state index < -0.39 is 0 Å². The van der Waals surface area contributed by atoms with E-state index in [-0.39, 0.29) is 58.9 Å². The van der Waals surface area contributed by atoms with Gasteiger partial charge in [0.25, 0.3) is 0 Å². The van der Waals surface area contributed by atoms with Crippen molar-refractivity contribution in [1.29, 1.82) is 0 Å². The number of halogens is 3. The van der Waals surface area contributed by atoms with Gasteiger partial charge in [-0.25, -0.2) is 0 Å². The maximum atomic E-state index is 2.20. The van der Waals surface area contributed by atoms with Gasteiger partial charge in [-0.2, -0.15) is 5.56 Å². The minimum absolute atomic E-state index is 0. The van der Waals surface area contributed by atoms with Gasteiger partial charge < -0.3 is 0 Å². The third-order valence-electron chi connectivity index (χ3n) is 2.86. The van der Waals surface area contributed by atoms with Crippen LogP contribution in [0.4, 0.5) is 0 Å². The minimum atomic E-state index is 0. The SMILES string of the molecule is Cc1c(C)[c-](C)c2ccccc12.Cl.Cl.Cl.[Ti]. The first-order valence-corrected chi connectivity index (χ1v) is 4.33. The first-order valence-electron chi connectivity index (χ1n) is 4.33. The monoisotopic (exact) mass is 313 g/mol. The summed E-state index contributed by atoms with van der Waals surface area (Å²) >= 11 is 0. The van der Waals surface area contributed by atoms with Crippen molar-refractivity contribution in [1.82, 2.24) is 0 Å². The second kappa shape index (κ2) is 8.50. The molecule has 2 rings (SSSR count). The van der Waals surface area contributed by atoms with E-state index in [1.165, 1.54) is 27.5 Å². The molecule has 2 aromatic carbocycles. The molecule has 0 spiro atoms. The molecule has 0 atom stereocenters. The Bertz CT molecular complexity index is 396. The summed E-state index contributed by atoms with van der Waals surface area (Å²) in [7, 11) is 0. The molecule has 2 aromatic rings. The maximum absolute atomic E-state index is 2.20. The minimum Gasteiger partial charge on any atom is -0.153 e. The Hall–Kier alpha value is 0.414. The first-order chi connectivity index (χ1) is 5.72. The number of fused-ring (bicyclic) bond motifs is 1. The van der Waals surface area contributed by atoms with Gasteiger partial charge in [-0.15, -0.1) is 77.3 Å². The van der Waals surface area contributed by atoms with Crippen molar-refractivity contribution < 1.29 is 21.7 Å². The molecular weight excluding hydrogens is 298 g/mol. The van der Waals surface area contributed by atoms with Crippen LogP contribution in [0.25, 0.3) is 10.8 Å². The molecule has 0 saturated carbocycles. The van der Waals surface area contributed by atoms with Crippen molar-refractivity contribution >= 4 is 48.0 Å². The fraction of sp³-hybridized carbons (Fsp3) is 0.250. The summed E-state index contributed by atoms with van der Waals surface area (Å²) in [5.74, 6) is 0. The third kappa shape index (κ3) is 3.45. The number of benzene rings is 1. The predicted molar refractivity (Wildman–Crippen MR) is 75.5 cm³/mol. The van der Waals surface area contributed by atoms with Gasteiger partial charge in [-0.3, -0.25) is 0 Å². The standard InChI is InChI=1S/C12H13.3ClH.Ti/c1-8-9(2)11-6-4-5-7-12(11)10(8)3;;;;/h4-7H,1-3H3;3*1H;/q-1;;;;. The van der Waals surface area contributed by atoms with Gasteiger partial charge >= 0.3 is 0 Å². The van der Waals surface area contributed by atoms with Gasteiger partial charge in [0.05, 0.1) is 0 Å². The van der Waals surface area contributed by atoms with E-state index in [0.717, 1.165) is 0 Å². The smallest absolute Gasteiger partial charge is 0 e. The van der Waals surface area contributed by atoms with Crippen LogP contribution in [0.3, 0.4) is 0 Å². The van der Waals surface area contributed by atoms with E-state index in [0.29, 0.717) is 0 Å². The van der Waals surface area contributed by atoms with Gasteiger partial charge in [-0.1, -0.05) is 26.8 Å². The molecule has 0 N–H and O–H groups in total. The van der Waals surface area contributed by atoms with E-state index in [9.17, 15) is 0 Å². The van der Waals surface area contributed by atoms with Crippen LogP contribution in [-0.2, 0) is 21.7 Å². The van der Waals surface area contributed by atoms with Gasteiger partial charge in [0.1, 0.15) is 0 Å². The van der Waals surface area contributed by atoms with Crippen molar-refractivity contribution in [3.8, 4) is 0 Å². The van der Waals surface area contributed by atoms with Crippen LogP contribution in [0.5, 0.6) is 0 Å². The van der Waals surface area contributed by atoms with Gasteiger partial charge in [0.15, 0.2) is 0 Å². The summed E-state index contributed by atoms with van der Waals surface area (Å²) in [6, 6.07) is 8.61. The summed E-state index contributed by atoms with van der Waals surface area (Å²) < 4.78 is 0. The fourth-order valence-electron chi connectivity index (χ4n) is 1.82. The van der Waals surface area contributed by atoms with Gasteiger partial charge in [-0.05, 0) is 0 Å². The Balaban J connectivity index is -0.000000422. The topological polar surface area (TPSA) is 0 Å². The van der Waals surface area contributed by atoms with Crippen LogP contribution in [-0.4, -0.2) is 0 Å². The number of rotatable bonds is 0. The summed E-state index contributed by atoms with van der Waals surface area (Å²) in [6.07, 6.45) is 0. The van der Waals surface area contributed by atoms with Crippen LogP contribution < -0.4 is 0 Å². The summed E-state index contributed by atoms with van der Waals surface area (Å²) in [6.45, 7) is 6.60. The van der Waals surface area contributed by atoms with Crippen molar-refractivity contribution in [2.24, 2.45) is 0 Å². The zero-order valence-corrected chi connectivity index (χ0v) is 13.5. The van der Waals surface area contributed by atoms with Crippen LogP contribution in [0.15, 0.2) is 24.3 Å². The van der Waals surface area contributed by atoms with Gasteiger partial charge in [0.2, 0.25) is 0 Å². The average molecular weight is 314 g/mol. The summed E-state index contributed by atoms with van der Waals surface area (Å²) in [5.41, 5.74) is 4.31. The summed E-state index contributed by atoms with van der Waals surface area (Å²) in [5, 5.41) is 2.82. The molecule has 0 amide bonds. The number of hydrogen-bond acceptors (Lipinski definition) is 0. The second-order valence-corrected chi connectivity index (χ2v) is 3.42. The molecule has 0 aliphatic carbocycles. The van der Waals surface area contributed by atoms with Crippen molar-refractivity contribution in [2.45, 2.75) is 20.8 Å². The van der Waals surface area contributed by atoms with Gasteiger partial charge in [0, 0.05) is 21.7 Å². The van der Waals surface area contributed by atoms with Crippen LogP contribution >= 0.6 is 37.2 Å². The zero-order valence-electron chi connectivity index (χ0n) is 9.53. The summed E-state index contributed by atoms with van der Waals surface area (Å²) in [4.78, 5) is 0. The molecule has 0 aromatic heterocycles. The van der Waals surface area contributed by atoms with E-state index >= 15 is 0 Å². The Morgan fingerprint density at radius 3 is 1.94 bits per heavy atom. The Morgan fingerprint density at radius 1 is 0.938 bits per heavy atom. The quantitative estimate of drug-likeness (QED) is 0.486. The maximum Gasteiger partial charge on any atom is 0 e. The molecule has 0 saturated heterocycles. The molecule has 16 heavy (non-hydrogen) atoms. The molecular formula is C12H16Cl3Ti-. The molecule has 0 heterocycles. The second-order valence-electron chi connectivity index (χ2n) is 3.42. The van der Waals surface area contributed by atoms with E-state index in [2.05, 4.69) is 45.0 Å². The number of aryl methyl sites for hydroxylation is 2. The molecule has 0 bridgehead atoms. The molecule has 0 unspecified atom stereocenters. The molecule has 90 valence electrons. The van der Waals surface area contributed by atoms with Crippen molar-refractivity contribution in [3.05, 3.63) is 41.0 Å². The molecule has 0 fully saturated rings. The largest absolute Gasteiger partial charge is 0.153 e. The fourth-order valence-corrected chi connectivity index (χ4v) is 1.82. The van der Waals surface area contributed by atoms with Crippen molar-refractivity contribution in [3.63, 3.8) is 0 Å². The number of hydrogen-bond donors (Lipinski definition) is 0. The molecule has 4 heteroatoms. The normalized spacial score (nSPS) is 8.19. The van der Waals surface area contributed by atoms with Crippen LogP contribution in [0.1, 0.15) is 16.7 Å². The molecule has 0 aliphatic rings.